The molecule has 0 bridgehead atoms. The number of methoxy groups -OCH3 is 1. The highest BCUT2D eigenvalue weighted by molar-refractivity contribution is 6.31. The lowest BCUT2D eigenvalue weighted by molar-refractivity contribution is -0.118. The number of carbonyl (C=O) groups excluding carboxylic acids is 1. The number of ether oxygens (including phenoxy) is 1. The van der Waals surface area contributed by atoms with Crippen LogP contribution >= 0.6 is 23.2 Å². The van der Waals surface area contributed by atoms with Crippen molar-refractivity contribution in [2.24, 2.45) is 0 Å². The molecule has 0 spiro atoms. The van der Waals surface area contributed by atoms with Gasteiger partial charge in [-0.3, -0.25) is 9.69 Å². The number of nitriles is 1. The van der Waals surface area contributed by atoms with Gasteiger partial charge in [-0.25, -0.2) is 4.98 Å². The van der Waals surface area contributed by atoms with Crippen LogP contribution in [0.3, 0.4) is 0 Å². The zero-order valence-electron chi connectivity index (χ0n) is 22.4. The Labute approximate surface area is 238 Å². The predicted molar refractivity (Wildman–Crippen MR) is 155 cm³/mol. The van der Waals surface area contributed by atoms with Gasteiger partial charge in [0, 0.05) is 21.8 Å². The van der Waals surface area contributed by atoms with Crippen LogP contribution in [0.15, 0.2) is 54.6 Å². The van der Waals surface area contributed by atoms with E-state index in [1.807, 2.05) is 55.1 Å². The summed E-state index contributed by atoms with van der Waals surface area (Å²) in [5.74, 6) is 1.18. The van der Waals surface area contributed by atoms with Crippen LogP contribution in [-0.4, -0.2) is 22.6 Å². The number of amides is 1. The summed E-state index contributed by atoms with van der Waals surface area (Å²) in [6.07, 6.45) is 0.122. The van der Waals surface area contributed by atoms with E-state index in [1.165, 1.54) is 0 Å². The molecular formula is C31H28Cl2N4O2. The van der Waals surface area contributed by atoms with Gasteiger partial charge in [-0.1, -0.05) is 35.3 Å². The lowest BCUT2D eigenvalue weighted by atomic mass is 9.90. The Morgan fingerprint density at radius 1 is 1.03 bits per heavy atom. The fourth-order valence-corrected chi connectivity index (χ4v) is 5.81. The highest BCUT2D eigenvalue weighted by Gasteiger charge is 2.41. The molecule has 1 amide bonds. The third-order valence-corrected chi connectivity index (χ3v) is 7.64. The maximum absolute atomic E-state index is 14.0. The average molecular weight is 559 g/mol. The molecule has 4 aromatic rings. The van der Waals surface area contributed by atoms with Crippen molar-refractivity contribution in [1.82, 2.24) is 9.55 Å². The molecule has 1 unspecified atom stereocenters. The topological polar surface area (TPSA) is 71.2 Å². The second kappa shape index (κ2) is 10.4. The highest BCUT2D eigenvalue weighted by Crippen LogP contribution is 2.45. The summed E-state index contributed by atoms with van der Waals surface area (Å²) in [5.41, 5.74) is 6.39. The van der Waals surface area contributed by atoms with Crippen molar-refractivity contribution in [1.29, 1.82) is 5.26 Å². The van der Waals surface area contributed by atoms with Gasteiger partial charge in [0.1, 0.15) is 17.6 Å². The number of halogens is 2. The number of hydrogen-bond acceptors (Lipinski definition) is 4. The molecule has 2 heterocycles. The van der Waals surface area contributed by atoms with E-state index in [4.69, 9.17) is 32.9 Å². The fraction of sp³-hybridized carbons (Fsp3) is 0.258. The van der Waals surface area contributed by atoms with E-state index in [2.05, 4.69) is 24.5 Å². The van der Waals surface area contributed by atoms with Crippen LogP contribution < -0.4 is 9.64 Å². The van der Waals surface area contributed by atoms with Crippen LogP contribution in [-0.2, 0) is 11.2 Å². The number of benzene rings is 3. The van der Waals surface area contributed by atoms with Crippen molar-refractivity contribution in [2.45, 2.75) is 46.2 Å². The molecule has 198 valence electrons. The number of rotatable bonds is 5. The molecule has 3 aromatic carbocycles. The number of aryl methyl sites for hydroxylation is 2. The SMILES string of the molecule is COc1ccc(C#N)cc1-c1nc2c(n1C(C)C)C(c1ccc(Cl)cc1C)N(c1cc(Cl)ccc1C)C(=O)C2. The first-order chi connectivity index (χ1) is 18.6. The second-order valence-electron chi connectivity index (χ2n) is 10.0. The molecule has 0 saturated carbocycles. The van der Waals surface area contributed by atoms with Gasteiger partial charge in [-0.2, -0.15) is 5.26 Å². The Morgan fingerprint density at radius 3 is 2.41 bits per heavy atom. The van der Waals surface area contributed by atoms with Gasteiger partial charge in [0.25, 0.3) is 0 Å². The summed E-state index contributed by atoms with van der Waals surface area (Å²) in [6.45, 7) is 8.15. The first kappa shape index (κ1) is 26.8. The lowest BCUT2D eigenvalue weighted by Crippen LogP contribution is -2.42. The standard InChI is InChI=1S/C31H28Cl2N4O2/c1-17(2)36-30-25(35-31(36)24-13-20(16-34)7-11-27(24)39-5)15-28(38)37(26-14-22(33)8-6-18(26)3)29(30)23-10-9-21(32)12-19(23)4/h6-14,17,29H,15H2,1-5H3. The number of anilines is 1. The molecule has 0 aliphatic carbocycles. The van der Waals surface area contributed by atoms with Crippen molar-refractivity contribution in [3.8, 4) is 23.2 Å². The van der Waals surface area contributed by atoms with Crippen molar-refractivity contribution in [3.05, 3.63) is 98.3 Å². The summed E-state index contributed by atoms with van der Waals surface area (Å²) in [5, 5.41) is 10.8. The summed E-state index contributed by atoms with van der Waals surface area (Å²) in [7, 11) is 1.60. The van der Waals surface area contributed by atoms with Gasteiger partial charge >= 0.3 is 0 Å². The Morgan fingerprint density at radius 2 is 1.74 bits per heavy atom. The van der Waals surface area contributed by atoms with Crippen molar-refractivity contribution < 1.29 is 9.53 Å². The normalized spacial score (nSPS) is 14.9. The van der Waals surface area contributed by atoms with Gasteiger partial charge in [0.2, 0.25) is 5.91 Å². The number of aromatic nitrogens is 2. The number of carbonyl (C=O) groups is 1. The minimum absolute atomic E-state index is 0.0164. The molecule has 8 heteroatoms. The minimum atomic E-state index is -0.482. The van der Waals surface area contributed by atoms with E-state index in [0.717, 1.165) is 28.1 Å². The highest BCUT2D eigenvalue weighted by atomic mass is 35.5. The monoisotopic (exact) mass is 558 g/mol. The third-order valence-electron chi connectivity index (χ3n) is 7.17. The smallest absolute Gasteiger partial charge is 0.233 e. The molecular weight excluding hydrogens is 531 g/mol. The van der Waals surface area contributed by atoms with Gasteiger partial charge in [0.05, 0.1) is 42.1 Å². The van der Waals surface area contributed by atoms with Crippen molar-refractivity contribution in [2.75, 3.05) is 12.0 Å². The Balaban J connectivity index is 1.86. The molecule has 1 aliphatic rings. The van der Waals surface area contributed by atoms with Gasteiger partial charge in [-0.15, -0.1) is 0 Å². The van der Waals surface area contributed by atoms with E-state index >= 15 is 0 Å². The van der Waals surface area contributed by atoms with Gasteiger partial charge < -0.3 is 9.30 Å². The molecule has 5 rings (SSSR count). The quantitative estimate of drug-likeness (QED) is 0.252. The van der Waals surface area contributed by atoms with Crippen molar-refractivity contribution in [3.63, 3.8) is 0 Å². The number of fused-ring (bicyclic) bond motifs is 1. The fourth-order valence-electron chi connectivity index (χ4n) is 5.42. The first-order valence-electron chi connectivity index (χ1n) is 12.7. The summed E-state index contributed by atoms with van der Waals surface area (Å²) in [4.78, 5) is 20.9. The Bertz CT molecular complexity index is 1650. The van der Waals surface area contributed by atoms with Crippen molar-refractivity contribution >= 4 is 34.8 Å². The van der Waals surface area contributed by atoms with Crippen LogP contribution in [0.4, 0.5) is 5.69 Å². The van der Waals surface area contributed by atoms with E-state index < -0.39 is 6.04 Å². The average Bonchev–Trinajstić information content (AvgIpc) is 3.28. The van der Waals surface area contributed by atoms with E-state index in [-0.39, 0.29) is 18.4 Å². The summed E-state index contributed by atoms with van der Waals surface area (Å²) < 4.78 is 7.84. The molecule has 1 atom stereocenters. The largest absolute Gasteiger partial charge is 0.496 e. The first-order valence-corrected chi connectivity index (χ1v) is 13.4. The number of imidazole rings is 1. The maximum Gasteiger partial charge on any atom is 0.233 e. The molecule has 6 nitrogen and oxygen atoms in total. The van der Waals surface area contributed by atoms with Crippen LogP contribution in [0.5, 0.6) is 5.75 Å². The van der Waals surface area contributed by atoms with Gasteiger partial charge in [-0.05, 0) is 86.8 Å². The molecule has 0 saturated heterocycles. The zero-order valence-corrected chi connectivity index (χ0v) is 23.9. The molecule has 1 aliphatic heterocycles. The van der Waals surface area contributed by atoms with Gasteiger partial charge in [0.15, 0.2) is 0 Å². The predicted octanol–water partition coefficient (Wildman–Crippen LogP) is 7.61. The van der Waals surface area contributed by atoms with E-state index in [1.54, 1.807) is 25.3 Å². The van der Waals surface area contributed by atoms with Crippen LogP contribution in [0.25, 0.3) is 11.4 Å². The third kappa shape index (κ3) is 4.67. The number of nitrogens with zero attached hydrogens (tertiary/aromatic N) is 4. The molecule has 0 N–H and O–H groups in total. The Hall–Kier alpha value is -3.79. The zero-order chi connectivity index (χ0) is 28.0. The summed E-state index contributed by atoms with van der Waals surface area (Å²) in [6, 6.07) is 18.3. The molecule has 1 aromatic heterocycles. The summed E-state index contributed by atoms with van der Waals surface area (Å²) >= 11 is 12.8. The number of hydrogen-bond donors (Lipinski definition) is 0. The van der Waals surface area contributed by atoms with E-state index in [9.17, 15) is 10.1 Å². The Kier molecular flexibility index (Phi) is 7.15. The molecule has 39 heavy (non-hydrogen) atoms. The second-order valence-corrected chi connectivity index (χ2v) is 10.9. The lowest BCUT2D eigenvalue weighted by Gasteiger charge is -2.38. The van der Waals surface area contributed by atoms with Crippen LogP contribution in [0, 0.1) is 25.2 Å². The molecule has 0 fully saturated rings. The molecule has 0 radical (unpaired) electrons. The minimum Gasteiger partial charge on any atom is -0.496 e. The maximum atomic E-state index is 14.0. The van der Waals surface area contributed by atoms with E-state index in [0.29, 0.717) is 38.4 Å². The van der Waals surface area contributed by atoms with Crippen LogP contribution in [0.2, 0.25) is 10.0 Å². The van der Waals surface area contributed by atoms with Crippen LogP contribution in [0.1, 0.15) is 59.6 Å².